The molecule has 0 aliphatic heterocycles. The van der Waals surface area contributed by atoms with Crippen molar-refractivity contribution in [2.45, 2.75) is 25.3 Å². The minimum absolute atomic E-state index is 0.173. The van der Waals surface area contributed by atoms with Crippen LogP contribution >= 0.6 is 0 Å². The second-order valence-corrected chi connectivity index (χ2v) is 10.7. The number of fused-ring (bicyclic) bond motifs is 3. The number of carbonyl (C=O) groups is 1. The molecule has 0 bridgehead atoms. The summed E-state index contributed by atoms with van der Waals surface area (Å²) in [4.78, 5) is 12.9. The summed E-state index contributed by atoms with van der Waals surface area (Å²) in [5.74, 6) is 0.188. The lowest BCUT2D eigenvalue weighted by molar-refractivity contribution is -0.118. The summed E-state index contributed by atoms with van der Waals surface area (Å²) in [7, 11) is -3.68. The van der Waals surface area contributed by atoms with Gasteiger partial charge in [0.15, 0.2) is 6.61 Å². The zero-order chi connectivity index (χ0) is 26.7. The van der Waals surface area contributed by atoms with Crippen molar-refractivity contribution in [3.63, 3.8) is 0 Å². The number of hydrogen-bond donors (Lipinski definition) is 1. The third kappa shape index (κ3) is 4.82. The van der Waals surface area contributed by atoms with Crippen molar-refractivity contribution in [1.82, 2.24) is 4.57 Å². The molecule has 8 heteroatoms. The molecule has 0 saturated carbocycles. The van der Waals surface area contributed by atoms with Crippen LogP contribution in [0.15, 0.2) is 102 Å². The van der Waals surface area contributed by atoms with Crippen LogP contribution < -0.4 is 14.4 Å². The van der Waals surface area contributed by atoms with Crippen LogP contribution in [0.5, 0.6) is 5.75 Å². The van der Waals surface area contributed by atoms with E-state index in [0.29, 0.717) is 17.1 Å². The third-order valence-corrected chi connectivity index (χ3v) is 8.40. The third-order valence-electron chi connectivity index (χ3n) is 6.49. The number of hydrogen-bond acceptors (Lipinski definition) is 4. The van der Waals surface area contributed by atoms with Crippen molar-refractivity contribution >= 4 is 49.1 Å². The maximum Gasteiger partial charge on any atom is 0.264 e. The Kier molecular flexibility index (Phi) is 7.07. The average molecular weight is 528 g/mol. The number of amides is 1. The first-order valence-electron chi connectivity index (χ1n) is 12.5. The van der Waals surface area contributed by atoms with Crippen LogP contribution in [0.4, 0.5) is 11.4 Å². The van der Waals surface area contributed by atoms with Gasteiger partial charge in [0.1, 0.15) is 5.75 Å². The molecule has 0 aliphatic carbocycles. The summed E-state index contributed by atoms with van der Waals surface area (Å²) in [6, 6.07) is 29.2. The lowest BCUT2D eigenvalue weighted by Gasteiger charge is -2.23. The van der Waals surface area contributed by atoms with Gasteiger partial charge < -0.3 is 14.6 Å². The molecule has 0 aliphatic rings. The minimum Gasteiger partial charge on any atom is -0.484 e. The molecule has 0 spiro atoms. The van der Waals surface area contributed by atoms with Gasteiger partial charge in [-0.15, -0.1) is 0 Å². The van der Waals surface area contributed by atoms with Gasteiger partial charge in [0.05, 0.1) is 10.6 Å². The number of anilines is 2. The van der Waals surface area contributed by atoms with Gasteiger partial charge >= 0.3 is 0 Å². The van der Waals surface area contributed by atoms with Crippen molar-refractivity contribution in [3.8, 4) is 5.75 Å². The van der Waals surface area contributed by atoms with E-state index >= 15 is 0 Å². The molecule has 0 saturated heterocycles. The van der Waals surface area contributed by atoms with Gasteiger partial charge in [-0.2, -0.15) is 0 Å². The van der Waals surface area contributed by atoms with Gasteiger partial charge in [0.2, 0.25) is 0 Å². The predicted octanol–water partition coefficient (Wildman–Crippen LogP) is 6.05. The fraction of sp³-hybridized carbons (Fsp3) is 0.167. The molecule has 5 rings (SSSR count). The summed E-state index contributed by atoms with van der Waals surface area (Å²) in [6.45, 7) is 4.87. The SMILES string of the molecule is CCN(c1ccc(OCC(=O)Nc2ccc3c(c2)c2ccccc2n3CC)cc1)S(=O)(=O)c1ccccc1. The quantitative estimate of drug-likeness (QED) is 0.253. The van der Waals surface area contributed by atoms with Crippen LogP contribution in [0.3, 0.4) is 0 Å². The van der Waals surface area contributed by atoms with Crippen molar-refractivity contribution in [2.75, 3.05) is 22.8 Å². The largest absolute Gasteiger partial charge is 0.484 e. The van der Waals surface area contributed by atoms with E-state index in [1.165, 1.54) is 9.82 Å². The molecule has 1 aromatic heterocycles. The molecule has 0 atom stereocenters. The highest BCUT2D eigenvalue weighted by Gasteiger charge is 2.23. The Hall–Kier alpha value is -4.30. The van der Waals surface area contributed by atoms with E-state index in [-0.39, 0.29) is 24.0 Å². The number of aryl methyl sites for hydroxylation is 1. The monoisotopic (exact) mass is 527 g/mol. The second kappa shape index (κ2) is 10.6. The Labute approximate surface area is 222 Å². The molecule has 5 aromatic rings. The summed E-state index contributed by atoms with van der Waals surface area (Å²) in [5.41, 5.74) is 3.51. The van der Waals surface area contributed by atoms with E-state index in [2.05, 4.69) is 28.9 Å². The normalized spacial score (nSPS) is 11.5. The van der Waals surface area contributed by atoms with E-state index in [9.17, 15) is 13.2 Å². The van der Waals surface area contributed by atoms with Gasteiger partial charge in [-0.1, -0.05) is 36.4 Å². The molecule has 1 N–H and O–H groups in total. The molecule has 1 heterocycles. The van der Waals surface area contributed by atoms with Gasteiger partial charge in [-0.3, -0.25) is 9.10 Å². The number of ether oxygens (including phenoxy) is 1. The molecular formula is C30H29N3O4S. The zero-order valence-corrected chi connectivity index (χ0v) is 22.1. The lowest BCUT2D eigenvalue weighted by Crippen LogP contribution is -2.30. The van der Waals surface area contributed by atoms with Gasteiger partial charge in [0.25, 0.3) is 15.9 Å². The minimum atomic E-state index is -3.68. The number of rotatable bonds is 9. The van der Waals surface area contributed by atoms with Gasteiger partial charge in [-0.25, -0.2) is 8.42 Å². The predicted molar refractivity (Wildman–Crippen MR) is 152 cm³/mol. The Morgan fingerprint density at radius 2 is 1.53 bits per heavy atom. The summed E-state index contributed by atoms with van der Waals surface area (Å²) in [6.07, 6.45) is 0. The highest BCUT2D eigenvalue weighted by atomic mass is 32.2. The fourth-order valence-corrected chi connectivity index (χ4v) is 6.23. The van der Waals surface area contributed by atoms with Crippen LogP contribution in [0, 0.1) is 0 Å². The summed E-state index contributed by atoms with van der Waals surface area (Å²) in [5, 5.41) is 5.14. The smallest absolute Gasteiger partial charge is 0.264 e. The van der Waals surface area contributed by atoms with Crippen molar-refractivity contribution < 1.29 is 17.9 Å². The molecule has 0 unspecified atom stereocenters. The van der Waals surface area contributed by atoms with Crippen LogP contribution in [-0.4, -0.2) is 32.0 Å². The van der Waals surface area contributed by atoms with E-state index in [1.807, 2.05) is 30.3 Å². The molecule has 194 valence electrons. The molecule has 0 fully saturated rings. The van der Waals surface area contributed by atoms with Crippen molar-refractivity contribution in [1.29, 1.82) is 0 Å². The second-order valence-electron chi connectivity index (χ2n) is 8.81. The topological polar surface area (TPSA) is 80.6 Å². The first-order valence-corrected chi connectivity index (χ1v) is 14.0. The number of carbonyl (C=O) groups excluding carboxylic acids is 1. The first kappa shape index (κ1) is 25.4. The number of para-hydroxylation sites is 1. The summed E-state index contributed by atoms with van der Waals surface area (Å²) < 4.78 is 35.4. The number of nitrogens with zero attached hydrogens (tertiary/aromatic N) is 2. The molecule has 4 aromatic carbocycles. The molecule has 1 amide bonds. The van der Waals surface area contributed by atoms with Crippen LogP contribution in [0.25, 0.3) is 21.8 Å². The Balaban J connectivity index is 1.26. The fourth-order valence-electron chi connectivity index (χ4n) is 4.74. The Morgan fingerprint density at radius 1 is 0.842 bits per heavy atom. The van der Waals surface area contributed by atoms with Crippen LogP contribution in [-0.2, 0) is 21.4 Å². The Morgan fingerprint density at radius 3 is 2.24 bits per heavy atom. The van der Waals surface area contributed by atoms with E-state index in [4.69, 9.17) is 4.74 Å². The summed E-state index contributed by atoms with van der Waals surface area (Å²) >= 11 is 0. The van der Waals surface area contributed by atoms with E-state index in [0.717, 1.165) is 22.8 Å². The number of nitrogens with one attached hydrogen (secondary N) is 1. The van der Waals surface area contributed by atoms with E-state index in [1.54, 1.807) is 61.5 Å². The van der Waals surface area contributed by atoms with Crippen molar-refractivity contribution in [3.05, 3.63) is 97.1 Å². The lowest BCUT2D eigenvalue weighted by atomic mass is 10.1. The average Bonchev–Trinajstić information content (AvgIpc) is 3.26. The van der Waals surface area contributed by atoms with Crippen molar-refractivity contribution in [2.24, 2.45) is 0 Å². The molecule has 7 nitrogen and oxygen atoms in total. The molecule has 38 heavy (non-hydrogen) atoms. The Bertz CT molecular complexity index is 1690. The van der Waals surface area contributed by atoms with Crippen LogP contribution in [0.2, 0.25) is 0 Å². The van der Waals surface area contributed by atoms with E-state index < -0.39 is 10.0 Å². The standard InChI is InChI=1S/C30H29N3O4S/c1-3-32-28-13-9-8-12-26(28)27-20-22(14-19-29(27)32)31-30(34)21-37-24-17-15-23(16-18-24)33(4-2)38(35,36)25-10-6-5-7-11-25/h5-20H,3-4,21H2,1-2H3,(H,31,34). The van der Waals surface area contributed by atoms with Crippen LogP contribution in [0.1, 0.15) is 13.8 Å². The number of sulfonamides is 1. The highest BCUT2D eigenvalue weighted by molar-refractivity contribution is 7.92. The first-order chi connectivity index (χ1) is 18.4. The van der Waals surface area contributed by atoms with Gasteiger partial charge in [-0.05, 0) is 74.5 Å². The highest BCUT2D eigenvalue weighted by Crippen LogP contribution is 2.31. The molecular weight excluding hydrogens is 498 g/mol. The maximum atomic E-state index is 13.1. The number of aromatic nitrogens is 1. The van der Waals surface area contributed by atoms with Gasteiger partial charge in [0, 0.05) is 40.6 Å². The zero-order valence-electron chi connectivity index (χ0n) is 21.3. The number of benzene rings is 4. The molecule has 0 radical (unpaired) electrons. The maximum absolute atomic E-state index is 13.1.